The number of carbonyl (C=O) groups is 1. The third-order valence-electron chi connectivity index (χ3n) is 3.61. The fraction of sp³-hybridized carbons (Fsp3) is 0.176. The van der Waals surface area contributed by atoms with E-state index in [1.54, 1.807) is 47.1 Å². The molecule has 0 saturated heterocycles. The number of benzene rings is 2. The van der Waals surface area contributed by atoms with Crippen molar-refractivity contribution in [3.8, 4) is 0 Å². The molecule has 0 aliphatic carbocycles. The number of tetrazole rings is 1. The quantitative estimate of drug-likeness (QED) is 0.372. The Hall–Kier alpha value is -3.07. The van der Waals surface area contributed by atoms with E-state index in [1.807, 2.05) is 13.8 Å². The van der Waals surface area contributed by atoms with Crippen LogP contribution in [0.25, 0.3) is 0 Å². The van der Waals surface area contributed by atoms with Crippen molar-refractivity contribution < 1.29 is 9.72 Å². The Labute approximate surface area is 153 Å². The molecule has 0 bridgehead atoms. The molecule has 0 unspecified atom stereocenters. The molecule has 9 heteroatoms. The molecule has 0 atom stereocenters. The van der Waals surface area contributed by atoms with Crippen molar-refractivity contribution in [2.24, 2.45) is 0 Å². The summed E-state index contributed by atoms with van der Waals surface area (Å²) >= 11 is 1.09. The normalized spacial score (nSPS) is 10.9. The third kappa shape index (κ3) is 3.62. The van der Waals surface area contributed by atoms with Crippen LogP contribution in [-0.2, 0) is 0 Å². The third-order valence-corrected chi connectivity index (χ3v) is 4.62. The standard InChI is InChI=1S/C17H15N5O3S/c1-11(2)21-17(18-19-20-21)26-15-9-8-13(10-14(15)22(24)25)16(23)12-6-4-3-5-7-12/h3-11H,1-2H3. The van der Waals surface area contributed by atoms with Gasteiger partial charge >= 0.3 is 0 Å². The van der Waals surface area contributed by atoms with Crippen molar-refractivity contribution in [3.05, 3.63) is 69.8 Å². The van der Waals surface area contributed by atoms with Crippen molar-refractivity contribution in [2.75, 3.05) is 0 Å². The molecule has 26 heavy (non-hydrogen) atoms. The maximum Gasteiger partial charge on any atom is 0.284 e. The van der Waals surface area contributed by atoms with Gasteiger partial charge in [0.1, 0.15) is 0 Å². The van der Waals surface area contributed by atoms with Crippen molar-refractivity contribution in [2.45, 2.75) is 29.9 Å². The van der Waals surface area contributed by atoms with Crippen LogP contribution < -0.4 is 0 Å². The van der Waals surface area contributed by atoms with Crippen LogP contribution in [0, 0.1) is 10.1 Å². The van der Waals surface area contributed by atoms with Gasteiger partial charge in [-0.3, -0.25) is 14.9 Å². The van der Waals surface area contributed by atoms with Crippen molar-refractivity contribution in [1.82, 2.24) is 20.2 Å². The van der Waals surface area contributed by atoms with E-state index in [0.717, 1.165) is 11.8 Å². The molecule has 0 spiro atoms. The number of hydrogen-bond acceptors (Lipinski definition) is 7. The van der Waals surface area contributed by atoms with E-state index in [-0.39, 0.29) is 23.1 Å². The minimum Gasteiger partial charge on any atom is -0.289 e. The SMILES string of the molecule is CC(C)n1nnnc1Sc1ccc(C(=O)c2ccccc2)cc1[N+](=O)[O-]. The van der Waals surface area contributed by atoms with Crippen LogP contribution >= 0.6 is 11.8 Å². The van der Waals surface area contributed by atoms with Crippen LogP contribution in [0.15, 0.2) is 58.6 Å². The molecule has 2 aromatic carbocycles. The molecule has 1 aromatic heterocycles. The lowest BCUT2D eigenvalue weighted by Crippen LogP contribution is -2.05. The van der Waals surface area contributed by atoms with E-state index in [4.69, 9.17) is 0 Å². The lowest BCUT2D eigenvalue weighted by molar-refractivity contribution is -0.387. The highest BCUT2D eigenvalue weighted by Gasteiger charge is 2.21. The van der Waals surface area contributed by atoms with Gasteiger partial charge in [-0.2, -0.15) is 0 Å². The zero-order valence-electron chi connectivity index (χ0n) is 14.1. The monoisotopic (exact) mass is 369 g/mol. The molecule has 8 nitrogen and oxygen atoms in total. The Kier molecular flexibility index (Phi) is 5.08. The second-order valence-corrected chi connectivity index (χ2v) is 6.75. The summed E-state index contributed by atoms with van der Waals surface area (Å²) in [6, 6.07) is 13.1. The predicted molar refractivity (Wildman–Crippen MR) is 95.3 cm³/mol. The summed E-state index contributed by atoms with van der Waals surface area (Å²) in [7, 11) is 0. The Bertz CT molecular complexity index is 956. The van der Waals surface area contributed by atoms with E-state index in [2.05, 4.69) is 15.5 Å². The van der Waals surface area contributed by atoms with Crippen LogP contribution in [0.4, 0.5) is 5.69 Å². The summed E-state index contributed by atoms with van der Waals surface area (Å²) in [5.41, 5.74) is 0.580. The number of nitro benzene ring substituents is 1. The number of nitro groups is 1. The number of nitrogens with zero attached hydrogens (tertiary/aromatic N) is 5. The largest absolute Gasteiger partial charge is 0.289 e. The second kappa shape index (κ2) is 7.44. The average molecular weight is 369 g/mol. The van der Waals surface area contributed by atoms with E-state index in [0.29, 0.717) is 15.6 Å². The first-order valence-electron chi connectivity index (χ1n) is 7.81. The average Bonchev–Trinajstić information content (AvgIpc) is 3.10. The maximum absolute atomic E-state index is 12.5. The molecule has 0 aliphatic heterocycles. The summed E-state index contributed by atoms with van der Waals surface area (Å²) in [6.45, 7) is 3.83. The molecule has 0 amide bonds. The number of carbonyl (C=O) groups excluding carboxylic acids is 1. The highest BCUT2D eigenvalue weighted by atomic mass is 32.2. The highest BCUT2D eigenvalue weighted by molar-refractivity contribution is 7.99. The molecule has 3 rings (SSSR count). The van der Waals surface area contributed by atoms with Crippen molar-refractivity contribution in [1.29, 1.82) is 0 Å². The van der Waals surface area contributed by atoms with Crippen LogP contribution in [-0.4, -0.2) is 30.9 Å². The van der Waals surface area contributed by atoms with Gasteiger partial charge in [0.25, 0.3) is 5.69 Å². The molecule has 0 radical (unpaired) electrons. The Morgan fingerprint density at radius 3 is 2.54 bits per heavy atom. The van der Waals surface area contributed by atoms with Gasteiger partial charge in [-0.05, 0) is 48.2 Å². The first-order chi connectivity index (χ1) is 12.5. The molecule has 0 fully saturated rings. The first kappa shape index (κ1) is 17.7. The minimum atomic E-state index is -0.506. The second-order valence-electron chi connectivity index (χ2n) is 5.74. The lowest BCUT2D eigenvalue weighted by atomic mass is 10.0. The molecular formula is C17H15N5O3S. The number of aromatic nitrogens is 4. The molecule has 1 heterocycles. The molecule has 0 saturated carbocycles. The van der Waals surface area contributed by atoms with Gasteiger partial charge in [-0.15, -0.1) is 5.10 Å². The molecule has 0 aliphatic rings. The van der Waals surface area contributed by atoms with E-state index in [1.165, 1.54) is 6.07 Å². The summed E-state index contributed by atoms with van der Waals surface area (Å²) in [5, 5.41) is 23.4. The van der Waals surface area contributed by atoms with Gasteiger partial charge in [0, 0.05) is 17.2 Å². The predicted octanol–water partition coefficient (Wildman–Crippen LogP) is 3.54. The summed E-state index contributed by atoms with van der Waals surface area (Å²) in [4.78, 5) is 23.9. The summed E-state index contributed by atoms with van der Waals surface area (Å²) in [6.07, 6.45) is 0. The Morgan fingerprint density at radius 1 is 1.15 bits per heavy atom. The molecule has 132 valence electrons. The summed E-state index contributed by atoms with van der Waals surface area (Å²) in [5.74, 6) is -0.266. The Balaban J connectivity index is 1.96. The Morgan fingerprint density at radius 2 is 1.88 bits per heavy atom. The maximum atomic E-state index is 12.5. The van der Waals surface area contributed by atoms with Crippen molar-refractivity contribution in [3.63, 3.8) is 0 Å². The topological polar surface area (TPSA) is 104 Å². The van der Waals surface area contributed by atoms with Gasteiger partial charge in [-0.1, -0.05) is 30.3 Å². The van der Waals surface area contributed by atoms with E-state index >= 15 is 0 Å². The number of ketones is 1. The zero-order valence-corrected chi connectivity index (χ0v) is 14.9. The molecular weight excluding hydrogens is 354 g/mol. The van der Waals surface area contributed by atoms with E-state index < -0.39 is 4.92 Å². The zero-order chi connectivity index (χ0) is 18.7. The van der Waals surface area contributed by atoms with Gasteiger partial charge in [0.2, 0.25) is 5.16 Å². The van der Waals surface area contributed by atoms with Gasteiger partial charge in [0.05, 0.1) is 15.9 Å². The fourth-order valence-electron chi connectivity index (χ4n) is 2.32. The van der Waals surface area contributed by atoms with E-state index in [9.17, 15) is 14.9 Å². The van der Waals surface area contributed by atoms with Crippen molar-refractivity contribution >= 4 is 23.2 Å². The number of rotatable bonds is 6. The molecule has 0 N–H and O–H groups in total. The summed E-state index contributed by atoms with van der Waals surface area (Å²) < 4.78 is 1.58. The van der Waals surface area contributed by atoms with Crippen LogP contribution in [0.1, 0.15) is 35.8 Å². The smallest absolute Gasteiger partial charge is 0.284 e. The van der Waals surface area contributed by atoms with Gasteiger partial charge in [0.15, 0.2) is 5.78 Å². The minimum absolute atomic E-state index is 0.0190. The van der Waals surface area contributed by atoms with Gasteiger partial charge < -0.3 is 0 Å². The van der Waals surface area contributed by atoms with Gasteiger partial charge in [-0.25, -0.2) is 4.68 Å². The highest BCUT2D eigenvalue weighted by Crippen LogP contribution is 2.35. The number of hydrogen-bond donors (Lipinski definition) is 0. The first-order valence-corrected chi connectivity index (χ1v) is 8.63. The van der Waals surface area contributed by atoms with Crippen LogP contribution in [0.5, 0.6) is 0 Å². The van der Waals surface area contributed by atoms with Crippen LogP contribution in [0.3, 0.4) is 0 Å². The fourth-order valence-corrected chi connectivity index (χ4v) is 3.31. The molecule has 3 aromatic rings. The lowest BCUT2D eigenvalue weighted by Gasteiger charge is -2.08. The van der Waals surface area contributed by atoms with Crippen LogP contribution in [0.2, 0.25) is 0 Å².